The number of nitrogens with two attached hydrogens (primary N) is 1. The molecule has 0 radical (unpaired) electrons. The Morgan fingerprint density at radius 1 is 1.09 bits per heavy atom. The lowest BCUT2D eigenvalue weighted by Crippen LogP contribution is -2.86. The zero-order valence-corrected chi connectivity index (χ0v) is 13.5. The number of Topliss-reactive ketones (excluding diaryl/α,β-unsaturated/α-hetero) is 1. The monoisotopic (exact) mass is 307 g/mol. The first kappa shape index (κ1) is 15.5. The van der Waals surface area contributed by atoms with E-state index in [0.717, 1.165) is 41.4 Å². The predicted molar refractivity (Wildman–Crippen MR) is 93.5 cm³/mol. The van der Waals surface area contributed by atoms with Gasteiger partial charge in [0.05, 0.1) is 6.54 Å². The number of H-pyrrole nitrogens is 1. The van der Waals surface area contributed by atoms with Crippen molar-refractivity contribution in [2.24, 2.45) is 0 Å². The molecule has 0 aliphatic carbocycles. The van der Waals surface area contributed by atoms with E-state index in [2.05, 4.69) is 17.2 Å². The molecule has 2 aromatic carbocycles. The largest absolute Gasteiger partial charge is 0.360 e. The van der Waals surface area contributed by atoms with Crippen LogP contribution in [0.5, 0.6) is 0 Å². The van der Waals surface area contributed by atoms with Crippen molar-refractivity contribution >= 4 is 16.7 Å². The number of aromatic amines is 1. The zero-order chi connectivity index (χ0) is 16.1. The summed E-state index contributed by atoms with van der Waals surface area (Å²) >= 11 is 0. The van der Waals surface area contributed by atoms with Crippen molar-refractivity contribution in [3.63, 3.8) is 0 Å². The molecule has 3 rings (SSSR count). The number of quaternary nitrogens is 1. The molecule has 3 N–H and O–H groups in total. The van der Waals surface area contributed by atoms with Gasteiger partial charge >= 0.3 is 0 Å². The van der Waals surface area contributed by atoms with Crippen LogP contribution in [0.1, 0.15) is 41.7 Å². The molecule has 0 unspecified atom stereocenters. The fourth-order valence-corrected chi connectivity index (χ4v) is 2.99. The Balaban J connectivity index is 1.93. The molecule has 0 saturated carbocycles. The number of unbranched alkanes of at least 4 members (excludes halogenated alkanes) is 1. The van der Waals surface area contributed by atoms with Gasteiger partial charge in [0, 0.05) is 28.2 Å². The summed E-state index contributed by atoms with van der Waals surface area (Å²) in [5.74, 6) is 0.171. The van der Waals surface area contributed by atoms with E-state index in [1.165, 1.54) is 0 Å². The van der Waals surface area contributed by atoms with Gasteiger partial charge in [0.15, 0.2) is 6.04 Å². The third-order valence-corrected chi connectivity index (χ3v) is 4.26. The molecule has 3 nitrogen and oxygen atoms in total. The minimum Gasteiger partial charge on any atom is -0.360 e. The lowest BCUT2D eigenvalue weighted by Gasteiger charge is -2.14. The molecule has 0 bridgehead atoms. The first-order valence-corrected chi connectivity index (χ1v) is 8.30. The van der Waals surface area contributed by atoms with E-state index in [1.54, 1.807) is 0 Å². The normalized spacial score (nSPS) is 12.4. The van der Waals surface area contributed by atoms with Gasteiger partial charge in [-0.2, -0.15) is 0 Å². The maximum Gasteiger partial charge on any atom is 0.226 e. The highest BCUT2D eigenvalue weighted by atomic mass is 16.1. The molecule has 3 heteroatoms. The highest BCUT2D eigenvalue weighted by Gasteiger charge is 2.26. The SMILES string of the molecule is CCCC[NH2+][C@@H](C(=O)c1c[nH]c2ccccc12)c1ccccc1. The van der Waals surface area contributed by atoms with E-state index < -0.39 is 0 Å². The van der Waals surface area contributed by atoms with Crippen molar-refractivity contribution in [2.45, 2.75) is 25.8 Å². The highest BCUT2D eigenvalue weighted by molar-refractivity contribution is 6.09. The van der Waals surface area contributed by atoms with Gasteiger partial charge in [-0.05, 0) is 12.5 Å². The molecule has 118 valence electrons. The minimum atomic E-state index is -0.179. The number of carbonyl (C=O) groups is 1. The standard InChI is InChI=1S/C20H22N2O/c1-2-3-13-21-19(15-9-5-4-6-10-15)20(23)17-14-22-18-12-8-7-11-16(17)18/h4-12,14,19,21-22H,2-3,13H2,1H3/p+1/t19-/m1/s1. The predicted octanol–water partition coefficient (Wildman–Crippen LogP) is 3.46. The number of para-hydroxylation sites is 1. The van der Waals surface area contributed by atoms with E-state index in [1.807, 2.05) is 60.8 Å². The lowest BCUT2D eigenvalue weighted by atomic mass is 9.97. The van der Waals surface area contributed by atoms with Crippen LogP contribution < -0.4 is 5.32 Å². The summed E-state index contributed by atoms with van der Waals surface area (Å²) in [7, 11) is 0. The van der Waals surface area contributed by atoms with Crippen molar-refractivity contribution < 1.29 is 10.1 Å². The van der Waals surface area contributed by atoms with Crippen LogP contribution in [0.3, 0.4) is 0 Å². The van der Waals surface area contributed by atoms with Crippen molar-refractivity contribution in [3.8, 4) is 0 Å². The van der Waals surface area contributed by atoms with Gasteiger partial charge in [-0.15, -0.1) is 0 Å². The average Bonchev–Trinajstić information content (AvgIpc) is 3.03. The fraction of sp³-hybridized carbons (Fsp3) is 0.250. The molecule has 0 amide bonds. The van der Waals surface area contributed by atoms with Gasteiger partial charge in [0.1, 0.15) is 0 Å². The van der Waals surface area contributed by atoms with E-state index in [-0.39, 0.29) is 11.8 Å². The molecule has 23 heavy (non-hydrogen) atoms. The number of hydrogen-bond donors (Lipinski definition) is 2. The number of carbonyl (C=O) groups excluding carboxylic acids is 1. The van der Waals surface area contributed by atoms with Crippen LogP contribution in [-0.4, -0.2) is 17.3 Å². The third kappa shape index (κ3) is 3.35. The van der Waals surface area contributed by atoms with Gasteiger partial charge in [-0.3, -0.25) is 4.79 Å². The van der Waals surface area contributed by atoms with Crippen molar-refractivity contribution in [3.05, 3.63) is 71.9 Å². The molecule has 1 atom stereocenters. The second-order valence-corrected chi connectivity index (χ2v) is 5.88. The van der Waals surface area contributed by atoms with Gasteiger partial charge in [-0.25, -0.2) is 0 Å². The van der Waals surface area contributed by atoms with E-state index in [4.69, 9.17) is 0 Å². The zero-order valence-electron chi connectivity index (χ0n) is 13.5. The topological polar surface area (TPSA) is 49.5 Å². The molecule has 0 aliphatic rings. The Bertz CT molecular complexity index is 776. The summed E-state index contributed by atoms with van der Waals surface area (Å²) in [6, 6.07) is 17.9. The van der Waals surface area contributed by atoms with Gasteiger partial charge in [0.25, 0.3) is 0 Å². The Labute approximate surface area is 136 Å². The highest BCUT2D eigenvalue weighted by Crippen LogP contribution is 2.22. The molecule has 0 spiro atoms. The minimum absolute atomic E-state index is 0.171. The molecule has 0 aliphatic heterocycles. The summed E-state index contributed by atoms with van der Waals surface area (Å²) in [5, 5.41) is 3.17. The summed E-state index contributed by atoms with van der Waals surface area (Å²) in [6.07, 6.45) is 4.10. The number of benzene rings is 2. The molecule has 3 aromatic rings. The molecule has 0 saturated heterocycles. The van der Waals surface area contributed by atoms with Crippen molar-refractivity contribution in [1.82, 2.24) is 4.98 Å². The van der Waals surface area contributed by atoms with Crippen molar-refractivity contribution in [1.29, 1.82) is 0 Å². The molecule has 1 aromatic heterocycles. The molecule has 0 fully saturated rings. The maximum absolute atomic E-state index is 13.2. The van der Waals surface area contributed by atoms with Crippen LogP contribution in [0, 0.1) is 0 Å². The second kappa shape index (κ2) is 7.25. The number of ketones is 1. The van der Waals surface area contributed by atoms with Crippen LogP contribution in [-0.2, 0) is 0 Å². The van der Waals surface area contributed by atoms with Crippen molar-refractivity contribution in [2.75, 3.05) is 6.54 Å². The Morgan fingerprint density at radius 3 is 2.61 bits per heavy atom. The van der Waals surface area contributed by atoms with Crippen LogP contribution in [0.15, 0.2) is 60.8 Å². The lowest BCUT2D eigenvalue weighted by molar-refractivity contribution is -0.681. The smallest absolute Gasteiger partial charge is 0.226 e. The number of hydrogen-bond acceptors (Lipinski definition) is 1. The first-order valence-electron chi connectivity index (χ1n) is 8.30. The second-order valence-electron chi connectivity index (χ2n) is 5.88. The number of aromatic nitrogens is 1. The summed E-state index contributed by atoms with van der Waals surface area (Å²) in [4.78, 5) is 16.4. The summed E-state index contributed by atoms with van der Waals surface area (Å²) in [5.41, 5.74) is 2.86. The summed E-state index contributed by atoms with van der Waals surface area (Å²) in [6.45, 7) is 3.14. The summed E-state index contributed by atoms with van der Waals surface area (Å²) < 4.78 is 0. The quantitative estimate of drug-likeness (QED) is 0.510. The number of nitrogens with one attached hydrogen (secondary N) is 1. The van der Waals surface area contributed by atoms with Gasteiger partial charge in [0.2, 0.25) is 5.78 Å². The van der Waals surface area contributed by atoms with E-state index in [9.17, 15) is 4.79 Å². The Kier molecular flexibility index (Phi) is 4.89. The molecular weight excluding hydrogens is 284 g/mol. The van der Waals surface area contributed by atoms with Gasteiger partial charge in [-0.1, -0.05) is 61.9 Å². The van der Waals surface area contributed by atoms with Crippen LogP contribution in [0.4, 0.5) is 0 Å². The van der Waals surface area contributed by atoms with Gasteiger partial charge < -0.3 is 10.3 Å². The molecule has 1 heterocycles. The number of fused-ring (bicyclic) bond motifs is 1. The molecular formula is C20H23N2O+. The number of rotatable bonds is 7. The van der Waals surface area contributed by atoms with Crippen LogP contribution in [0.25, 0.3) is 10.9 Å². The Hall–Kier alpha value is -2.39. The van der Waals surface area contributed by atoms with Crippen LogP contribution >= 0.6 is 0 Å². The Morgan fingerprint density at radius 2 is 1.83 bits per heavy atom. The fourth-order valence-electron chi connectivity index (χ4n) is 2.99. The first-order chi connectivity index (χ1) is 11.3. The van der Waals surface area contributed by atoms with E-state index in [0.29, 0.717) is 0 Å². The maximum atomic E-state index is 13.2. The average molecular weight is 307 g/mol. The third-order valence-electron chi connectivity index (χ3n) is 4.26. The van der Waals surface area contributed by atoms with Crippen LogP contribution in [0.2, 0.25) is 0 Å². The van der Waals surface area contributed by atoms with E-state index >= 15 is 0 Å².